The van der Waals surface area contributed by atoms with E-state index in [9.17, 15) is 4.79 Å². The molecule has 1 aliphatic rings. The van der Waals surface area contributed by atoms with Gasteiger partial charge in [-0.2, -0.15) is 0 Å². The van der Waals surface area contributed by atoms with Crippen molar-refractivity contribution in [2.24, 2.45) is 0 Å². The van der Waals surface area contributed by atoms with Crippen LogP contribution in [0.3, 0.4) is 0 Å². The van der Waals surface area contributed by atoms with Crippen molar-refractivity contribution in [2.75, 3.05) is 51.8 Å². The van der Waals surface area contributed by atoms with Gasteiger partial charge in [0.05, 0.1) is 18.6 Å². The van der Waals surface area contributed by atoms with Crippen LogP contribution < -0.4 is 9.64 Å². The van der Waals surface area contributed by atoms with E-state index in [1.807, 2.05) is 48.3 Å². The predicted molar refractivity (Wildman–Crippen MR) is 135 cm³/mol. The Morgan fingerprint density at radius 2 is 1.52 bits per heavy atom. The number of piperazine rings is 1. The second-order valence-corrected chi connectivity index (χ2v) is 9.29. The van der Waals surface area contributed by atoms with Crippen LogP contribution >= 0.6 is 11.8 Å². The molecule has 1 aliphatic heterocycles. The van der Waals surface area contributed by atoms with E-state index in [1.165, 1.54) is 5.69 Å². The van der Waals surface area contributed by atoms with E-state index < -0.39 is 0 Å². The Morgan fingerprint density at radius 1 is 0.879 bits per heavy atom. The fourth-order valence-electron chi connectivity index (χ4n) is 4.01. The number of anilines is 1. The highest BCUT2D eigenvalue weighted by atomic mass is 32.2. The molecule has 3 aromatic carbocycles. The summed E-state index contributed by atoms with van der Waals surface area (Å²) in [5.41, 5.74) is 2.39. The number of methoxy groups -OCH3 is 1. The van der Waals surface area contributed by atoms with Gasteiger partial charge in [-0.1, -0.05) is 60.3 Å². The molecule has 3 aromatic rings. The largest absolute Gasteiger partial charge is 0.496 e. The van der Waals surface area contributed by atoms with Crippen molar-refractivity contribution in [3.05, 3.63) is 84.4 Å². The predicted octanol–water partition coefficient (Wildman–Crippen LogP) is 4.63. The Labute approximate surface area is 201 Å². The quantitative estimate of drug-likeness (QED) is 0.489. The normalized spacial score (nSPS) is 14.2. The first kappa shape index (κ1) is 23.2. The third-order valence-corrected chi connectivity index (χ3v) is 7.12. The number of rotatable bonds is 8. The molecule has 0 spiro atoms. The Bertz CT molecular complexity index is 1050. The van der Waals surface area contributed by atoms with Crippen LogP contribution in [0.2, 0.25) is 0 Å². The first-order chi connectivity index (χ1) is 16.1. The zero-order valence-corrected chi connectivity index (χ0v) is 20.1. The summed E-state index contributed by atoms with van der Waals surface area (Å²) in [6.45, 7) is 4.73. The van der Waals surface area contributed by atoms with Gasteiger partial charge in [0.1, 0.15) is 5.75 Å². The molecule has 0 saturated carbocycles. The van der Waals surface area contributed by atoms with E-state index in [4.69, 9.17) is 4.74 Å². The number of carbonyl (C=O) groups excluding carboxylic acids is 1. The average Bonchev–Trinajstić information content (AvgIpc) is 2.86. The van der Waals surface area contributed by atoms with Gasteiger partial charge < -0.3 is 14.5 Å². The summed E-state index contributed by atoms with van der Waals surface area (Å²) >= 11 is 1.67. The summed E-state index contributed by atoms with van der Waals surface area (Å²) in [6, 6.07) is 26.8. The average molecular weight is 462 g/mol. The van der Waals surface area contributed by atoms with Crippen LogP contribution in [-0.2, 0) is 11.3 Å². The van der Waals surface area contributed by atoms with Crippen molar-refractivity contribution in [1.29, 1.82) is 0 Å². The smallest absolute Gasteiger partial charge is 0.236 e. The molecule has 0 radical (unpaired) electrons. The van der Waals surface area contributed by atoms with Crippen LogP contribution in [0.15, 0.2) is 88.7 Å². The second-order valence-electron chi connectivity index (χ2n) is 8.21. The maximum absolute atomic E-state index is 13.0. The first-order valence-electron chi connectivity index (χ1n) is 11.3. The lowest BCUT2D eigenvalue weighted by molar-refractivity contribution is -0.131. The highest BCUT2D eigenvalue weighted by Crippen LogP contribution is 2.36. The van der Waals surface area contributed by atoms with Gasteiger partial charge in [-0.3, -0.25) is 9.69 Å². The molecule has 0 atom stereocenters. The minimum Gasteiger partial charge on any atom is -0.496 e. The zero-order chi connectivity index (χ0) is 23.0. The van der Waals surface area contributed by atoms with E-state index >= 15 is 0 Å². The summed E-state index contributed by atoms with van der Waals surface area (Å²) < 4.78 is 5.50. The van der Waals surface area contributed by atoms with Gasteiger partial charge >= 0.3 is 0 Å². The van der Waals surface area contributed by atoms with E-state index in [-0.39, 0.29) is 5.91 Å². The highest BCUT2D eigenvalue weighted by molar-refractivity contribution is 7.99. The number of amides is 1. The molecule has 1 heterocycles. The number of likely N-dealkylation sites (N-methyl/N-ethyl adjacent to an activating group) is 1. The van der Waals surface area contributed by atoms with Crippen molar-refractivity contribution in [3.63, 3.8) is 0 Å². The van der Waals surface area contributed by atoms with Crippen molar-refractivity contribution in [2.45, 2.75) is 16.3 Å². The van der Waals surface area contributed by atoms with Crippen molar-refractivity contribution in [1.82, 2.24) is 9.80 Å². The number of nitrogens with zero attached hydrogens (tertiary/aromatic N) is 3. The van der Waals surface area contributed by atoms with Gasteiger partial charge in [0.2, 0.25) is 5.91 Å². The number of benzene rings is 3. The van der Waals surface area contributed by atoms with E-state index in [2.05, 4.69) is 52.3 Å². The van der Waals surface area contributed by atoms with Gasteiger partial charge in [-0.25, -0.2) is 0 Å². The molecule has 1 saturated heterocycles. The van der Waals surface area contributed by atoms with Gasteiger partial charge in [0.25, 0.3) is 0 Å². The molecular weight excluding hydrogens is 430 g/mol. The second kappa shape index (κ2) is 11.3. The Balaban J connectivity index is 1.33. The van der Waals surface area contributed by atoms with E-state index in [1.54, 1.807) is 18.9 Å². The number of carbonyl (C=O) groups is 1. The maximum atomic E-state index is 13.0. The topological polar surface area (TPSA) is 36.0 Å². The van der Waals surface area contributed by atoms with Crippen molar-refractivity contribution >= 4 is 23.4 Å². The lowest BCUT2D eigenvalue weighted by Crippen LogP contribution is -2.49. The van der Waals surface area contributed by atoms with Gasteiger partial charge in [-0.05, 0) is 35.9 Å². The number of hydrogen-bond donors (Lipinski definition) is 0. The lowest BCUT2D eigenvalue weighted by atomic mass is 10.2. The SMILES string of the molecule is COc1ccccc1Sc1ccccc1CN(C)C(=O)CN1CCN(c2ccccc2)CC1. The summed E-state index contributed by atoms with van der Waals surface area (Å²) in [4.78, 5) is 21.7. The zero-order valence-electron chi connectivity index (χ0n) is 19.3. The molecule has 33 heavy (non-hydrogen) atoms. The summed E-state index contributed by atoms with van der Waals surface area (Å²) in [6.07, 6.45) is 0. The van der Waals surface area contributed by atoms with Crippen LogP contribution in [0, 0.1) is 0 Å². The van der Waals surface area contributed by atoms with Crippen LogP contribution in [-0.4, -0.2) is 62.6 Å². The molecule has 5 nitrogen and oxygen atoms in total. The van der Waals surface area contributed by atoms with Crippen LogP contribution in [0.25, 0.3) is 0 Å². The third kappa shape index (κ3) is 6.09. The minimum atomic E-state index is 0.153. The summed E-state index contributed by atoms with van der Waals surface area (Å²) in [5, 5.41) is 0. The maximum Gasteiger partial charge on any atom is 0.236 e. The van der Waals surface area contributed by atoms with Crippen LogP contribution in [0.5, 0.6) is 5.75 Å². The molecule has 0 bridgehead atoms. The lowest BCUT2D eigenvalue weighted by Gasteiger charge is -2.36. The summed E-state index contributed by atoms with van der Waals surface area (Å²) in [5.74, 6) is 1.01. The molecule has 1 amide bonds. The molecule has 1 fully saturated rings. The van der Waals surface area contributed by atoms with Crippen molar-refractivity contribution < 1.29 is 9.53 Å². The number of para-hydroxylation sites is 2. The fourth-order valence-corrected chi connectivity index (χ4v) is 5.06. The number of hydrogen-bond acceptors (Lipinski definition) is 5. The molecule has 0 unspecified atom stereocenters. The molecule has 172 valence electrons. The Hall–Kier alpha value is -2.96. The number of ether oxygens (including phenoxy) is 1. The highest BCUT2D eigenvalue weighted by Gasteiger charge is 2.21. The standard InChI is InChI=1S/C27H31N3O2S/c1-28(27(31)21-29-16-18-30(19-17-29)23-11-4-3-5-12-23)20-22-10-6-8-14-25(22)33-26-15-9-7-13-24(26)32-2/h3-15H,16-21H2,1-2H3. The van der Waals surface area contributed by atoms with Crippen molar-refractivity contribution in [3.8, 4) is 5.75 Å². The fraction of sp³-hybridized carbons (Fsp3) is 0.296. The third-order valence-electron chi connectivity index (χ3n) is 5.95. The Kier molecular flexibility index (Phi) is 7.92. The summed E-state index contributed by atoms with van der Waals surface area (Å²) in [7, 11) is 3.59. The van der Waals surface area contributed by atoms with Gasteiger partial charge in [0.15, 0.2) is 0 Å². The monoisotopic (exact) mass is 461 g/mol. The van der Waals surface area contributed by atoms with E-state index in [0.717, 1.165) is 47.3 Å². The van der Waals surface area contributed by atoms with E-state index in [0.29, 0.717) is 13.1 Å². The van der Waals surface area contributed by atoms with Crippen LogP contribution in [0.4, 0.5) is 5.69 Å². The molecular formula is C27H31N3O2S. The minimum absolute atomic E-state index is 0.153. The van der Waals surface area contributed by atoms with Gasteiger partial charge in [0, 0.05) is 50.4 Å². The molecule has 0 aliphatic carbocycles. The molecule has 0 N–H and O–H groups in total. The first-order valence-corrected chi connectivity index (χ1v) is 12.1. The van der Waals surface area contributed by atoms with Crippen LogP contribution in [0.1, 0.15) is 5.56 Å². The molecule has 4 rings (SSSR count). The molecule has 0 aromatic heterocycles. The Morgan fingerprint density at radius 3 is 2.24 bits per heavy atom. The molecule has 6 heteroatoms. The van der Waals surface area contributed by atoms with Gasteiger partial charge in [-0.15, -0.1) is 0 Å².